The normalized spacial score (nSPS) is 10.5. The smallest absolute Gasteiger partial charge is 0.262 e. The minimum atomic E-state index is 0.171. The molecule has 0 aliphatic carbocycles. The van der Waals surface area contributed by atoms with Gasteiger partial charge in [-0.15, -0.1) is 0 Å². The van der Waals surface area contributed by atoms with Crippen LogP contribution in [0, 0.1) is 0 Å². The minimum Gasteiger partial charge on any atom is -0.336 e. The van der Waals surface area contributed by atoms with E-state index in [-0.39, 0.29) is 5.28 Å². The van der Waals surface area contributed by atoms with Gasteiger partial charge in [-0.05, 0) is 11.6 Å². The molecule has 0 saturated heterocycles. The average Bonchev–Trinajstić information content (AvgIpc) is 2.33. The summed E-state index contributed by atoms with van der Waals surface area (Å²) >= 11 is 5.47. The van der Waals surface area contributed by atoms with Crippen LogP contribution in [0.2, 0.25) is 5.28 Å². The van der Waals surface area contributed by atoms with Crippen LogP contribution >= 0.6 is 11.6 Å². The van der Waals surface area contributed by atoms with E-state index in [0.29, 0.717) is 5.71 Å². The van der Waals surface area contributed by atoms with E-state index >= 15 is 0 Å². The third kappa shape index (κ3) is 0.733. The van der Waals surface area contributed by atoms with Crippen LogP contribution in [0.25, 0.3) is 11.1 Å². The van der Waals surface area contributed by atoms with Gasteiger partial charge in [0, 0.05) is 6.20 Å². The molecule has 0 bridgehead atoms. The monoisotopic (exact) mass is 155 g/mol. The molecule has 2 heterocycles. The van der Waals surface area contributed by atoms with Gasteiger partial charge in [0.15, 0.2) is 0 Å². The van der Waals surface area contributed by atoms with Crippen molar-refractivity contribution in [2.45, 2.75) is 0 Å². The third-order valence-corrected chi connectivity index (χ3v) is 1.26. The molecule has 0 N–H and O–H groups in total. The van der Waals surface area contributed by atoms with E-state index in [4.69, 9.17) is 16.1 Å². The van der Waals surface area contributed by atoms with Crippen molar-refractivity contribution < 1.29 is 4.52 Å². The highest BCUT2D eigenvalue weighted by molar-refractivity contribution is 6.28. The summed E-state index contributed by atoms with van der Waals surface area (Å²) < 4.78 is 4.71. The van der Waals surface area contributed by atoms with Gasteiger partial charge in [-0.25, -0.2) is 4.98 Å². The molecule has 4 nitrogen and oxygen atoms in total. The molecular formula is C5H2ClN3O. The Morgan fingerprint density at radius 1 is 1.40 bits per heavy atom. The summed E-state index contributed by atoms with van der Waals surface area (Å²) in [6.07, 6.45) is 3.09. The van der Waals surface area contributed by atoms with Gasteiger partial charge in [0.25, 0.3) is 5.71 Å². The van der Waals surface area contributed by atoms with Crippen molar-refractivity contribution in [3.8, 4) is 0 Å². The molecule has 0 aliphatic heterocycles. The summed E-state index contributed by atoms with van der Waals surface area (Å²) in [5.41, 5.74) is 0.417. The van der Waals surface area contributed by atoms with Crippen LogP contribution in [0.15, 0.2) is 16.9 Å². The molecule has 0 aromatic carbocycles. The maximum atomic E-state index is 5.47. The molecule has 0 atom stereocenters. The molecule has 2 aromatic rings. The maximum Gasteiger partial charge on any atom is 0.262 e. The Bertz CT molecular complexity index is 358. The van der Waals surface area contributed by atoms with Crippen molar-refractivity contribution in [3.63, 3.8) is 0 Å². The van der Waals surface area contributed by atoms with Crippen LogP contribution in [0.3, 0.4) is 0 Å². The fourth-order valence-electron chi connectivity index (χ4n) is 0.650. The lowest BCUT2D eigenvalue weighted by molar-refractivity contribution is 0.448. The first-order chi connectivity index (χ1) is 4.86. The van der Waals surface area contributed by atoms with Crippen molar-refractivity contribution >= 4 is 22.7 Å². The van der Waals surface area contributed by atoms with Gasteiger partial charge >= 0.3 is 0 Å². The molecule has 50 valence electrons. The second kappa shape index (κ2) is 1.91. The molecule has 0 aliphatic rings. The topological polar surface area (TPSA) is 51.8 Å². The molecule has 2 rings (SSSR count). The number of hydrogen-bond donors (Lipinski definition) is 0. The molecular weight excluding hydrogens is 154 g/mol. The van der Waals surface area contributed by atoms with E-state index in [2.05, 4.69) is 15.1 Å². The van der Waals surface area contributed by atoms with E-state index in [9.17, 15) is 0 Å². The summed E-state index contributed by atoms with van der Waals surface area (Å²) in [6, 6.07) is 0. The summed E-state index contributed by atoms with van der Waals surface area (Å²) in [5, 5.41) is 4.43. The number of hydrogen-bond acceptors (Lipinski definition) is 4. The highest BCUT2D eigenvalue weighted by Gasteiger charge is 1.99. The molecule has 0 radical (unpaired) electrons. The Kier molecular flexibility index (Phi) is 1.07. The fraction of sp³-hybridized carbons (Fsp3) is 0. The highest BCUT2D eigenvalue weighted by Crippen LogP contribution is 2.10. The van der Waals surface area contributed by atoms with Gasteiger partial charge in [-0.3, -0.25) is 0 Å². The zero-order valence-corrected chi connectivity index (χ0v) is 5.54. The molecule has 0 fully saturated rings. The number of nitrogens with zero attached hydrogens (tertiary/aromatic N) is 3. The highest BCUT2D eigenvalue weighted by atomic mass is 35.5. The Balaban J connectivity index is 2.86. The molecule has 0 unspecified atom stereocenters. The van der Waals surface area contributed by atoms with Crippen LogP contribution in [0.5, 0.6) is 0 Å². The zero-order chi connectivity index (χ0) is 6.97. The minimum absolute atomic E-state index is 0.171. The summed E-state index contributed by atoms with van der Waals surface area (Å²) in [6.45, 7) is 0. The largest absolute Gasteiger partial charge is 0.336 e. The quantitative estimate of drug-likeness (QED) is 0.538. The van der Waals surface area contributed by atoms with E-state index in [1.165, 1.54) is 6.20 Å². The van der Waals surface area contributed by atoms with E-state index < -0.39 is 0 Å². The van der Waals surface area contributed by atoms with Crippen molar-refractivity contribution in [2.75, 3.05) is 0 Å². The van der Waals surface area contributed by atoms with Crippen molar-refractivity contribution in [1.82, 2.24) is 15.1 Å². The number of rotatable bonds is 0. The van der Waals surface area contributed by atoms with E-state index in [1.807, 2.05) is 0 Å². The third-order valence-electron chi connectivity index (χ3n) is 1.08. The van der Waals surface area contributed by atoms with Gasteiger partial charge in [0.05, 0.1) is 11.6 Å². The predicted molar refractivity (Wildman–Crippen MR) is 34.6 cm³/mol. The van der Waals surface area contributed by atoms with Gasteiger partial charge in [0.2, 0.25) is 5.28 Å². The van der Waals surface area contributed by atoms with Crippen LogP contribution in [0.1, 0.15) is 0 Å². The first-order valence-electron chi connectivity index (χ1n) is 2.59. The average molecular weight is 156 g/mol. The standard InChI is InChI=1S/C5H2ClN3O/c6-5-7-1-3-2-8-10-4(3)9-5/h1-2H. The second-order valence-corrected chi connectivity index (χ2v) is 2.06. The molecule has 0 saturated carbocycles. The number of halogens is 1. The summed E-state index contributed by atoms with van der Waals surface area (Å²) in [7, 11) is 0. The van der Waals surface area contributed by atoms with Crippen molar-refractivity contribution in [3.05, 3.63) is 17.7 Å². The molecule has 0 spiro atoms. The van der Waals surface area contributed by atoms with Crippen molar-refractivity contribution in [2.24, 2.45) is 0 Å². The molecule has 5 heteroatoms. The zero-order valence-electron chi connectivity index (χ0n) is 4.78. The number of fused-ring (bicyclic) bond motifs is 1. The van der Waals surface area contributed by atoms with Gasteiger partial charge in [-0.2, -0.15) is 4.98 Å². The second-order valence-electron chi connectivity index (χ2n) is 1.73. The van der Waals surface area contributed by atoms with Crippen LogP contribution < -0.4 is 0 Å². The lowest BCUT2D eigenvalue weighted by Gasteiger charge is -1.83. The number of aromatic nitrogens is 3. The first-order valence-corrected chi connectivity index (χ1v) is 2.97. The van der Waals surface area contributed by atoms with E-state index in [1.54, 1.807) is 6.20 Å². The summed E-state index contributed by atoms with van der Waals surface area (Å²) in [4.78, 5) is 7.49. The molecule has 10 heavy (non-hydrogen) atoms. The fourth-order valence-corrected chi connectivity index (χ4v) is 0.776. The Morgan fingerprint density at radius 2 is 2.30 bits per heavy atom. The summed E-state index contributed by atoms with van der Waals surface area (Å²) in [5.74, 6) is 0. The van der Waals surface area contributed by atoms with Crippen molar-refractivity contribution in [1.29, 1.82) is 0 Å². The Hall–Kier alpha value is -1.16. The van der Waals surface area contributed by atoms with Gasteiger partial charge < -0.3 is 4.52 Å². The SMILES string of the molecule is Clc1ncc2cnoc2n1. The molecule has 2 aromatic heterocycles. The Labute approximate surface area is 60.8 Å². The predicted octanol–water partition coefficient (Wildman–Crippen LogP) is 1.27. The van der Waals surface area contributed by atoms with Crippen LogP contribution in [-0.2, 0) is 0 Å². The Morgan fingerprint density at radius 3 is 3.20 bits per heavy atom. The maximum absolute atomic E-state index is 5.47. The van der Waals surface area contributed by atoms with Gasteiger partial charge in [-0.1, -0.05) is 5.16 Å². The molecule has 0 amide bonds. The first kappa shape index (κ1) is 5.61. The van der Waals surface area contributed by atoms with Crippen LogP contribution in [0.4, 0.5) is 0 Å². The van der Waals surface area contributed by atoms with Crippen LogP contribution in [-0.4, -0.2) is 15.1 Å². The van der Waals surface area contributed by atoms with Gasteiger partial charge in [0.1, 0.15) is 0 Å². The lowest BCUT2D eigenvalue weighted by Crippen LogP contribution is -1.78. The van der Waals surface area contributed by atoms with E-state index in [0.717, 1.165) is 5.39 Å². The lowest BCUT2D eigenvalue weighted by atomic mass is 10.5.